The van der Waals surface area contributed by atoms with Crippen LogP contribution in [-0.4, -0.2) is 27.2 Å². The molecule has 6 heteroatoms. The van der Waals surface area contributed by atoms with Crippen molar-refractivity contribution in [1.29, 1.82) is 0 Å². The number of benzene rings is 1. The maximum absolute atomic E-state index is 11.8. The van der Waals surface area contributed by atoms with Crippen LogP contribution in [0.2, 0.25) is 0 Å². The molecule has 1 aromatic carbocycles. The van der Waals surface area contributed by atoms with Crippen LogP contribution in [-0.2, 0) is 4.79 Å². The molecule has 1 aromatic heterocycles. The summed E-state index contributed by atoms with van der Waals surface area (Å²) in [7, 11) is 0. The second-order valence-corrected chi connectivity index (χ2v) is 5.53. The largest absolute Gasteiger partial charge is 0.383 e. The normalized spacial score (nSPS) is 19.7. The van der Waals surface area contributed by atoms with Crippen LogP contribution < -0.4 is 10.6 Å². The molecule has 2 aromatic rings. The number of nitrogen functional groups attached to an aromatic ring is 1. The van der Waals surface area contributed by atoms with E-state index in [2.05, 4.69) is 25.9 Å². The van der Waals surface area contributed by atoms with Gasteiger partial charge in [-0.05, 0) is 12.1 Å². The number of rotatable bonds is 1. The van der Waals surface area contributed by atoms with Gasteiger partial charge in [0, 0.05) is 23.2 Å². The van der Waals surface area contributed by atoms with E-state index in [1.54, 1.807) is 4.90 Å². The molecule has 5 nitrogen and oxygen atoms in total. The first-order chi connectivity index (χ1) is 8.65. The number of alkyl halides is 1. The van der Waals surface area contributed by atoms with Crippen molar-refractivity contribution in [2.75, 3.05) is 17.2 Å². The summed E-state index contributed by atoms with van der Waals surface area (Å²) in [5, 5.41) is 0.809. The first kappa shape index (κ1) is 11.4. The van der Waals surface area contributed by atoms with Gasteiger partial charge in [0.15, 0.2) is 0 Å². The minimum absolute atomic E-state index is 0.0200. The van der Waals surface area contributed by atoms with Crippen LogP contribution in [0.1, 0.15) is 6.42 Å². The molecule has 2 N–H and O–H groups in total. The van der Waals surface area contributed by atoms with Crippen molar-refractivity contribution in [3.8, 4) is 0 Å². The fourth-order valence-corrected chi connectivity index (χ4v) is 2.63. The zero-order valence-corrected chi connectivity index (χ0v) is 11.1. The fourth-order valence-electron chi connectivity index (χ4n) is 2.07. The Balaban J connectivity index is 2.10. The average Bonchev–Trinajstić information content (AvgIpc) is 2.68. The zero-order chi connectivity index (χ0) is 12.7. The third-order valence-corrected chi connectivity index (χ3v) is 3.55. The second-order valence-electron chi connectivity index (χ2n) is 4.23. The number of halogens is 1. The highest BCUT2D eigenvalue weighted by Gasteiger charge is 2.30. The molecule has 0 bridgehead atoms. The van der Waals surface area contributed by atoms with Crippen molar-refractivity contribution in [2.45, 2.75) is 11.2 Å². The van der Waals surface area contributed by atoms with E-state index in [1.807, 2.05) is 24.3 Å². The van der Waals surface area contributed by atoms with Gasteiger partial charge < -0.3 is 5.73 Å². The van der Waals surface area contributed by atoms with Gasteiger partial charge in [-0.3, -0.25) is 9.69 Å². The second kappa shape index (κ2) is 4.20. The summed E-state index contributed by atoms with van der Waals surface area (Å²) in [6.45, 7) is 0.580. The number of hydrogen-bond acceptors (Lipinski definition) is 4. The van der Waals surface area contributed by atoms with Gasteiger partial charge in [-0.1, -0.05) is 28.1 Å². The summed E-state index contributed by atoms with van der Waals surface area (Å²) in [5.41, 5.74) is 6.66. The molecule has 0 spiro atoms. The molecule has 0 saturated carbocycles. The van der Waals surface area contributed by atoms with Crippen LogP contribution in [0.4, 0.5) is 11.8 Å². The van der Waals surface area contributed by atoms with Crippen LogP contribution in [0.15, 0.2) is 24.3 Å². The van der Waals surface area contributed by atoms with Crippen LogP contribution in [0.3, 0.4) is 0 Å². The van der Waals surface area contributed by atoms with Gasteiger partial charge in [0.25, 0.3) is 0 Å². The Labute approximate surface area is 112 Å². The van der Waals surface area contributed by atoms with Gasteiger partial charge in [0.1, 0.15) is 5.82 Å². The lowest BCUT2D eigenvalue weighted by Gasteiger charge is -2.14. The monoisotopic (exact) mass is 306 g/mol. The van der Waals surface area contributed by atoms with Crippen molar-refractivity contribution in [2.24, 2.45) is 0 Å². The molecule has 18 heavy (non-hydrogen) atoms. The molecule has 0 aliphatic carbocycles. The third kappa shape index (κ3) is 1.82. The topological polar surface area (TPSA) is 72.1 Å². The quantitative estimate of drug-likeness (QED) is 0.814. The van der Waals surface area contributed by atoms with Gasteiger partial charge in [0.05, 0.1) is 5.52 Å². The summed E-state index contributed by atoms with van der Waals surface area (Å²) in [6, 6.07) is 7.51. The molecule has 1 aliphatic rings. The summed E-state index contributed by atoms with van der Waals surface area (Å²) >= 11 is 3.44. The van der Waals surface area contributed by atoms with Crippen LogP contribution in [0.25, 0.3) is 10.9 Å². The van der Waals surface area contributed by atoms with E-state index in [0.29, 0.717) is 24.7 Å². The molecule has 92 valence electrons. The number of fused-ring (bicyclic) bond motifs is 1. The van der Waals surface area contributed by atoms with Crippen LogP contribution in [0, 0.1) is 0 Å². The van der Waals surface area contributed by atoms with E-state index < -0.39 is 0 Å². The molecule has 1 aliphatic heterocycles. The van der Waals surface area contributed by atoms with E-state index in [-0.39, 0.29) is 10.7 Å². The third-order valence-electron chi connectivity index (χ3n) is 2.94. The number of carbonyl (C=O) groups is 1. The van der Waals surface area contributed by atoms with Gasteiger partial charge in [0.2, 0.25) is 11.9 Å². The molecular formula is C12H11BrN4O. The molecule has 1 saturated heterocycles. The maximum Gasteiger partial charge on any atom is 0.234 e. The predicted octanol–water partition coefficient (Wildman–Crippen LogP) is 1.71. The van der Waals surface area contributed by atoms with Gasteiger partial charge in [-0.2, -0.15) is 4.98 Å². The van der Waals surface area contributed by atoms with E-state index >= 15 is 0 Å². The highest BCUT2D eigenvalue weighted by Crippen LogP contribution is 2.26. The number of anilines is 2. The molecule has 2 heterocycles. The Bertz CT molecular complexity index is 631. The standard InChI is InChI=1S/C12H11BrN4O/c13-7-5-10(18)17(6-7)12-15-9-4-2-1-3-8(9)11(14)16-12/h1-4,7H,5-6H2,(H2,14,15,16). The van der Waals surface area contributed by atoms with Crippen LogP contribution >= 0.6 is 15.9 Å². The SMILES string of the molecule is Nc1nc(N2CC(Br)CC2=O)nc2ccccc12. The number of carbonyl (C=O) groups excluding carboxylic acids is 1. The van der Waals surface area contributed by atoms with Crippen molar-refractivity contribution >= 4 is 44.5 Å². The Hall–Kier alpha value is -1.69. The molecule has 3 rings (SSSR count). The van der Waals surface area contributed by atoms with E-state index in [0.717, 1.165) is 10.9 Å². The predicted molar refractivity (Wildman–Crippen MR) is 73.6 cm³/mol. The molecule has 0 radical (unpaired) electrons. The highest BCUT2D eigenvalue weighted by atomic mass is 79.9. The lowest BCUT2D eigenvalue weighted by Crippen LogP contribution is -2.27. The number of nitrogens with two attached hydrogens (primary N) is 1. The van der Waals surface area contributed by atoms with Gasteiger partial charge >= 0.3 is 0 Å². The Morgan fingerprint density at radius 1 is 1.33 bits per heavy atom. The number of amides is 1. The first-order valence-electron chi connectivity index (χ1n) is 5.62. The number of para-hydroxylation sites is 1. The molecule has 1 fully saturated rings. The number of nitrogens with zero attached hydrogens (tertiary/aromatic N) is 3. The summed E-state index contributed by atoms with van der Waals surface area (Å²) in [6.07, 6.45) is 0.468. The summed E-state index contributed by atoms with van der Waals surface area (Å²) in [4.78, 5) is 22.1. The number of hydrogen-bond donors (Lipinski definition) is 1. The van der Waals surface area contributed by atoms with Gasteiger partial charge in [-0.25, -0.2) is 4.98 Å². The van der Waals surface area contributed by atoms with E-state index in [9.17, 15) is 4.79 Å². The Morgan fingerprint density at radius 2 is 2.11 bits per heavy atom. The van der Waals surface area contributed by atoms with E-state index in [1.165, 1.54) is 0 Å². The molecule has 1 atom stereocenters. The molecule has 1 amide bonds. The summed E-state index contributed by atoms with van der Waals surface area (Å²) < 4.78 is 0. The number of aromatic nitrogens is 2. The minimum atomic E-state index is 0.0200. The van der Waals surface area contributed by atoms with Crippen molar-refractivity contribution < 1.29 is 4.79 Å². The smallest absolute Gasteiger partial charge is 0.234 e. The average molecular weight is 307 g/mol. The highest BCUT2D eigenvalue weighted by molar-refractivity contribution is 9.09. The zero-order valence-electron chi connectivity index (χ0n) is 9.51. The Kier molecular flexibility index (Phi) is 2.66. The van der Waals surface area contributed by atoms with Crippen molar-refractivity contribution in [3.05, 3.63) is 24.3 Å². The molecular weight excluding hydrogens is 296 g/mol. The first-order valence-corrected chi connectivity index (χ1v) is 6.53. The Morgan fingerprint density at radius 3 is 2.83 bits per heavy atom. The fraction of sp³-hybridized carbons (Fsp3) is 0.250. The lowest BCUT2D eigenvalue weighted by atomic mass is 10.2. The van der Waals surface area contributed by atoms with Crippen LogP contribution in [0.5, 0.6) is 0 Å². The molecule has 1 unspecified atom stereocenters. The minimum Gasteiger partial charge on any atom is -0.383 e. The lowest BCUT2D eigenvalue weighted by molar-refractivity contribution is -0.117. The van der Waals surface area contributed by atoms with Crippen molar-refractivity contribution in [3.63, 3.8) is 0 Å². The van der Waals surface area contributed by atoms with Crippen molar-refractivity contribution in [1.82, 2.24) is 9.97 Å². The van der Waals surface area contributed by atoms with Gasteiger partial charge in [-0.15, -0.1) is 0 Å². The summed E-state index contributed by atoms with van der Waals surface area (Å²) in [5.74, 6) is 0.811. The van der Waals surface area contributed by atoms with E-state index in [4.69, 9.17) is 5.73 Å². The maximum atomic E-state index is 11.8.